The van der Waals surface area contributed by atoms with Crippen molar-refractivity contribution in [1.82, 2.24) is 15.5 Å². The number of H-pyrrole nitrogens is 1. The van der Waals surface area contributed by atoms with Crippen molar-refractivity contribution in [2.75, 3.05) is 6.61 Å². The molecule has 1 saturated heterocycles. The molecule has 2 N–H and O–H groups in total. The lowest BCUT2D eigenvalue weighted by Crippen LogP contribution is -2.42. The molecule has 0 unspecified atom stereocenters. The van der Waals surface area contributed by atoms with Gasteiger partial charge in [-0.15, -0.1) is 5.10 Å². The molecule has 7 heteroatoms. The van der Waals surface area contributed by atoms with Crippen LogP contribution in [0.3, 0.4) is 0 Å². The van der Waals surface area contributed by atoms with Gasteiger partial charge in [0.2, 0.25) is 5.89 Å². The molecule has 126 valence electrons. The van der Waals surface area contributed by atoms with Crippen LogP contribution in [0.4, 0.5) is 0 Å². The van der Waals surface area contributed by atoms with Crippen molar-refractivity contribution in [2.45, 2.75) is 37.8 Å². The van der Waals surface area contributed by atoms with Crippen LogP contribution in [0.1, 0.15) is 36.0 Å². The maximum Gasteiger partial charge on any atom is 0.284 e. The van der Waals surface area contributed by atoms with E-state index in [-0.39, 0.29) is 16.8 Å². The Kier molecular flexibility index (Phi) is 4.20. The van der Waals surface area contributed by atoms with E-state index in [1.54, 1.807) is 24.3 Å². The molecule has 6 nitrogen and oxygen atoms in total. The van der Waals surface area contributed by atoms with Crippen LogP contribution in [-0.2, 0) is 4.74 Å². The second-order valence-corrected chi connectivity index (χ2v) is 6.81. The first-order chi connectivity index (χ1) is 11.7. The first-order valence-electron chi connectivity index (χ1n) is 8.27. The fourth-order valence-corrected chi connectivity index (χ4v) is 3.27. The molecule has 1 aliphatic heterocycles. The molecule has 1 amide bonds. The van der Waals surface area contributed by atoms with Crippen molar-refractivity contribution in [2.24, 2.45) is 5.92 Å². The van der Waals surface area contributed by atoms with Gasteiger partial charge in [0.1, 0.15) is 0 Å². The number of nitrogens with one attached hydrogen (secondary N) is 2. The van der Waals surface area contributed by atoms with E-state index in [9.17, 15) is 4.79 Å². The Balaban J connectivity index is 1.39. The smallest absolute Gasteiger partial charge is 0.284 e. The highest BCUT2D eigenvalue weighted by Gasteiger charge is 2.36. The third kappa shape index (κ3) is 3.42. The molecule has 1 saturated carbocycles. The maximum atomic E-state index is 12.4. The maximum absolute atomic E-state index is 12.4. The van der Waals surface area contributed by atoms with Gasteiger partial charge in [0.25, 0.3) is 10.7 Å². The van der Waals surface area contributed by atoms with Gasteiger partial charge in [-0.2, -0.15) is 0 Å². The van der Waals surface area contributed by atoms with Crippen molar-refractivity contribution in [3.05, 3.63) is 34.7 Å². The van der Waals surface area contributed by atoms with E-state index in [1.807, 2.05) is 0 Å². The molecule has 24 heavy (non-hydrogen) atoms. The molecule has 2 heterocycles. The number of aromatic nitrogens is 2. The Hall–Kier alpha value is -1.99. The normalized spacial score (nSPS) is 23.8. The van der Waals surface area contributed by atoms with Crippen LogP contribution in [0.5, 0.6) is 0 Å². The van der Waals surface area contributed by atoms with Crippen LogP contribution in [0.15, 0.2) is 28.7 Å². The molecule has 2 aliphatic rings. The van der Waals surface area contributed by atoms with E-state index < -0.39 is 0 Å². The van der Waals surface area contributed by atoms with E-state index in [0.29, 0.717) is 23.5 Å². The van der Waals surface area contributed by atoms with Gasteiger partial charge in [-0.1, -0.05) is 0 Å². The summed E-state index contributed by atoms with van der Waals surface area (Å²) in [6.07, 6.45) is 4.64. The van der Waals surface area contributed by atoms with Gasteiger partial charge in [-0.05, 0) is 68.1 Å². The van der Waals surface area contributed by atoms with Crippen LogP contribution in [0, 0.1) is 10.8 Å². The predicted octanol–water partition coefficient (Wildman–Crippen LogP) is 3.09. The quantitative estimate of drug-likeness (QED) is 0.833. The van der Waals surface area contributed by atoms with Gasteiger partial charge in [0, 0.05) is 23.8 Å². The number of nitrogens with zero attached hydrogens (tertiary/aromatic N) is 1. The lowest BCUT2D eigenvalue weighted by molar-refractivity contribution is -0.0102. The number of carbonyl (C=O) groups excluding carboxylic acids is 1. The summed E-state index contributed by atoms with van der Waals surface area (Å²) in [5, 5.41) is 9.69. The molecule has 0 radical (unpaired) electrons. The first kappa shape index (κ1) is 15.5. The first-order valence-corrected chi connectivity index (χ1v) is 8.68. The summed E-state index contributed by atoms with van der Waals surface area (Å²) in [5.41, 5.74) is 1.40. The van der Waals surface area contributed by atoms with Crippen LogP contribution < -0.4 is 5.32 Å². The monoisotopic (exact) mass is 345 g/mol. The van der Waals surface area contributed by atoms with Crippen molar-refractivity contribution < 1.29 is 13.9 Å². The average molecular weight is 345 g/mol. The topological polar surface area (TPSA) is 80.1 Å². The number of amides is 1. The summed E-state index contributed by atoms with van der Waals surface area (Å²) < 4.78 is 11.1. The van der Waals surface area contributed by atoms with E-state index in [2.05, 4.69) is 15.5 Å². The van der Waals surface area contributed by atoms with Crippen LogP contribution >= 0.6 is 12.2 Å². The van der Waals surface area contributed by atoms with Gasteiger partial charge in [0.15, 0.2) is 0 Å². The fraction of sp³-hybridized carbons (Fsp3) is 0.471. The summed E-state index contributed by atoms with van der Waals surface area (Å²) in [6.45, 7) is 0.731. The van der Waals surface area contributed by atoms with Crippen molar-refractivity contribution >= 4 is 18.1 Å². The lowest BCUT2D eigenvalue weighted by atomic mass is 9.99. The second-order valence-electron chi connectivity index (χ2n) is 6.44. The van der Waals surface area contributed by atoms with Crippen molar-refractivity contribution in [3.8, 4) is 11.5 Å². The Labute approximate surface area is 144 Å². The van der Waals surface area contributed by atoms with Gasteiger partial charge < -0.3 is 14.5 Å². The number of ether oxygens (including phenoxy) is 1. The molecule has 1 aliphatic carbocycles. The standard InChI is InChI=1S/C17H19N3O3S/c21-15(18-13-7-8-22-14(9-13)10-1-2-10)11-3-5-12(6-4-11)16-19-20-17(24)23-16/h3-6,10,13-14H,1-2,7-9H2,(H,18,21)(H,20,24)/t13-,14+/m0/s1. The number of carbonyl (C=O) groups is 1. The summed E-state index contributed by atoms with van der Waals surface area (Å²) in [6, 6.07) is 7.35. The molecule has 0 spiro atoms. The summed E-state index contributed by atoms with van der Waals surface area (Å²) in [7, 11) is 0. The van der Waals surface area contributed by atoms with Gasteiger partial charge in [-0.25, -0.2) is 5.10 Å². The van der Waals surface area contributed by atoms with Crippen molar-refractivity contribution in [1.29, 1.82) is 0 Å². The minimum atomic E-state index is -0.0501. The summed E-state index contributed by atoms with van der Waals surface area (Å²) in [4.78, 5) is 12.7. The summed E-state index contributed by atoms with van der Waals surface area (Å²) >= 11 is 4.86. The third-order valence-corrected chi connectivity index (χ3v) is 4.80. The average Bonchev–Trinajstić information content (AvgIpc) is 3.37. The number of hydrogen-bond acceptors (Lipinski definition) is 5. The largest absolute Gasteiger partial charge is 0.409 e. The number of hydrogen-bond donors (Lipinski definition) is 2. The second kappa shape index (κ2) is 6.49. The van der Waals surface area contributed by atoms with E-state index in [1.165, 1.54) is 12.8 Å². The molecule has 0 bridgehead atoms. The van der Waals surface area contributed by atoms with Gasteiger partial charge >= 0.3 is 0 Å². The highest BCUT2D eigenvalue weighted by atomic mass is 32.1. The highest BCUT2D eigenvalue weighted by Crippen LogP contribution is 2.38. The lowest BCUT2D eigenvalue weighted by Gasteiger charge is -2.30. The molecule has 4 rings (SSSR count). The van der Waals surface area contributed by atoms with Gasteiger partial charge in [0.05, 0.1) is 6.10 Å². The minimum absolute atomic E-state index is 0.0501. The Morgan fingerprint density at radius 2 is 2.04 bits per heavy atom. The molecule has 2 fully saturated rings. The molecule has 1 aromatic carbocycles. The number of aromatic amines is 1. The zero-order valence-electron chi connectivity index (χ0n) is 13.2. The fourth-order valence-electron chi connectivity index (χ4n) is 3.14. The van der Waals surface area contributed by atoms with E-state index >= 15 is 0 Å². The zero-order valence-corrected chi connectivity index (χ0v) is 14.0. The van der Waals surface area contributed by atoms with Crippen molar-refractivity contribution in [3.63, 3.8) is 0 Å². The highest BCUT2D eigenvalue weighted by molar-refractivity contribution is 7.71. The van der Waals surface area contributed by atoms with Crippen LogP contribution in [0.2, 0.25) is 0 Å². The molecular formula is C17H19N3O3S. The summed E-state index contributed by atoms with van der Waals surface area (Å²) in [5.74, 6) is 1.07. The van der Waals surface area contributed by atoms with Crippen LogP contribution in [-0.4, -0.2) is 34.9 Å². The molecular weight excluding hydrogens is 326 g/mol. The third-order valence-electron chi connectivity index (χ3n) is 4.63. The Morgan fingerprint density at radius 1 is 1.25 bits per heavy atom. The van der Waals surface area contributed by atoms with E-state index in [4.69, 9.17) is 21.4 Å². The Bertz CT molecular complexity index is 779. The van der Waals surface area contributed by atoms with Gasteiger partial charge in [-0.3, -0.25) is 4.79 Å². The Morgan fingerprint density at radius 3 is 2.71 bits per heavy atom. The number of benzene rings is 1. The zero-order chi connectivity index (χ0) is 16.5. The van der Waals surface area contributed by atoms with E-state index in [0.717, 1.165) is 25.0 Å². The molecule has 1 aromatic heterocycles. The number of rotatable bonds is 4. The van der Waals surface area contributed by atoms with Crippen LogP contribution in [0.25, 0.3) is 11.5 Å². The minimum Gasteiger partial charge on any atom is -0.409 e. The predicted molar refractivity (Wildman–Crippen MR) is 90.1 cm³/mol. The molecule has 2 aromatic rings. The SMILES string of the molecule is O=C(N[C@H]1CCO[C@@H](C2CC2)C1)c1ccc(-c2n[nH]c(=S)o2)cc1. The molecule has 2 atom stereocenters.